The second-order valence-electron chi connectivity index (χ2n) is 2.67. The summed E-state index contributed by atoms with van der Waals surface area (Å²) in [4.78, 5) is 0. The van der Waals surface area contributed by atoms with Crippen LogP contribution >= 0.6 is 23.9 Å². The number of rotatable bonds is 3. The first-order chi connectivity index (χ1) is 7.67. The van der Waals surface area contributed by atoms with Crippen LogP contribution in [0.5, 0.6) is 0 Å². The summed E-state index contributed by atoms with van der Waals surface area (Å²) in [6.07, 6.45) is 0. The number of halogens is 6. The van der Waals surface area contributed by atoms with Gasteiger partial charge in [0.25, 0.3) is 0 Å². The van der Waals surface area contributed by atoms with Gasteiger partial charge in [0.1, 0.15) is 0 Å². The summed E-state index contributed by atoms with van der Waals surface area (Å²) in [6, 6.07) is 6.54. The van der Waals surface area contributed by atoms with E-state index in [-0.39, 0.29) is 9.40 Å². The van der Waals surface area contributed by atoms with Crippen molar-refractivity contribution in [2.45, 2.75) is 11.0 Å². The highest BCUT2D eigenvalue weighted by Gasteiger charge is 2.40. The molecule has 0 bridgehead atoms. The lowest BCUT2D eigenvalue weighted by molar-refractivity contribution is -0.0339. The van der Waals surface area contributed by atoms with Gasteiger partial charge in [-0.3, -0.25) is 0 Å². The Kier molecular flexibility index (Phi) is 4.48. The van der Waals surface area contributed by atoms with E-state index in [0.29, 0.717) is 0 Å². The van der Waals surface area contributed by atoms with Crippen LogP contribution in [0.4, 0.5) is 32.0 Å². The molecule has 0 fully saturated rings. The molecule has 0 amide bonds. The van der Waals surface area contributed by atoms with Crippen LogP contribution in [-0.4, -0.2) is 11.0 Å². The van der Waals surface area contributed by atoms with Crippen LogP contribution in [0, 0.1) is 0 Å². The Morgan fingerprint density at radius 2 is 1.18 bits per heavy atom. The average molecular weight is 293 g/mol. The number of benzene rings is 1. The summed E-state index contributed by atoms with van der Waals surface area (Å²) in [5.74, 6) is 0. The molecular formula is C8H5F6NS2. The topological polar surface area (TPSA) is 3.24 Å². The molecule has 0 unspecified atom stereocenters. The number of hydrogen-bond acceptors (Lipinski definition) is 3. The van der Waals surface area contributed by atoms with Gasteiger partial charge >= 0.3 is 11.0 Å². The minimum atomic E-state index is -4.78. The first-order valence-corrected chi connectivity index (χ1v) is 5.59. The van der Waals surface area contributed by atoms with Gasteiger partial charge in [-0.25, -0.2) is 3.71 Å². The van der Waals surface area contributed by atoms with Gasteiger partial charge in [0.15, 0.2) is 0 Å². The lowest BCUT2D eigenvalue weighted by Gasteiger charge is -2.23. The molecule has 0 aliphatic rings. The Morgan fingerprint density at radius 3 is 1.53 bits per heavy atom. The Bertz CT molecular complexity index is 333. The van der Waals surface area contributed by atoms with Crippen LogP contribution in [0.15, 0.2) is 30.3 Å². The molecule has 0 saturated carbocycles. The highest BCUT2D eigenvalue weighted by molar-refractivity contribution is 8.18. The molecule has 0 atom stereocenters. The molecule has 0 aliphatic heterocycles. The third-order valence-corrected chi connectivity index (χ3v) is 2.95. The van der Waals surface area contributed by atoms with Gasteiger partial charge in [0.05, 0.1) is 29.6 Å². The predicted molar refractivity (Wildman–Crippen MR) is 56.2 cm³/mol. The fraction of sp³-hybridized carbons (Fsp3) is 0.250. The van der Waals surface area contributed by atoms with Crippen LogP contribution in [0.3, 0.4) is 0 Å². The Morgan fingerprint density at radius 1 is 0.765 bits per heavy atom. The lowest BCUT2D eigenvalue weighted by Crippen LogP contribution is -2.18. The van der Waals surface area contributed by atoms with E-state index in [9.17, 15) is 26.3 Å². The lowest BCUT2D eigenvalue weighted by atomic mass is 10.3. The maximum absolute atomic E-state index is 12.1. The third-order valence-electron chi connectivity index (χ3n) is 1.34. The standard InChI is InChI=1S/C8H5F6NS2/c9-7(10,11)16-15(17-8(12,13)14)6-4-2-1-3-5-6/h1-5H. The van der Waals surface area contributed by atoms with E-state index in [1.165, 1.54) is 18.2 Å². The van der Waals surface area contributed by atoms with E-state index in [4.69, 9.17) is 0 Å². The van der Waals surface area contributed by atoms with E-state index in [2.05, 4.69) is 0 Å². The van der Waals surface area contributed by atoms with Gasteiger partial charge < -0.3 is 0 Å². The van der Waals surface area contributed by atoms with Gasteiger partial charge in [0, 0.05) is 0 Å². The van der Waals surface area contributed by atoms with Gasteiger partial charge in [-0.05, 0) is 12.1 Å². The average Bonchev–Trinajstić information content (AvgIpc) is 2.14. The summed E-state index contributed by atoms with van der Waals surface area (Å²) in [7, 11) is 0. The second-order valence-corrected chi connectivity index (χ2v) is 4.92. The quantitative estimate of drug-likeness (QED) is 0.580. The molecule has 0 spiro atoms. The third kappa shape index (κ3) is 5.97. The normalized spacial score (nSPS) is 12.6. The van der Waals surface area contributed by atoms with Crippen molar-refractivity contribution in [2.24, 2.45) is 0 Å². The Balaban J connectivity index is 2.87. The molecule has 1 aromatic rings. The van der Waals surface area contributed by atoms with Crippen molar-refractivity contribution in [3.05, 3.63) is 30.3 Å². The fourth-order valence-corrected chi connectivity index (χ4v) is 2.35. The van der Waals surface area contributed by atoms with Gasteiger partial charge in [-0.15, -0.1) is 0 Å². The van der Waals surface area contributed by atoms with Crippen molar-refractivity contribution in [1.82, 2.24) is 0 Å². The maximum atomic E-state index is 12.1. The minimum absolute atomic E-state index is 0.0833. The minimum Gasteiger partial charge on any atom is -0.243 e. The first-order valence-electron chi connectivity index (χ1n) is 4.04. The summed E-state index contributed by atoms with van der Waals surface area (Å²) in [5.41, 5.74) is -9.75. The summed E-state index contributed by atoms with van der Waals surface area (Å²) >= 11 is -1.68. The Labute approximate surface area is 101 Å². The molecule has 9 heteroatoms. The number of alkyl halides is 6. The van der Waals surface area contributed by atoms with E-state index in [1.807, 2.05) is 0 Å². The summed E-state index contributed by atoms with van der Waals surface area (Å²) < 4.78 is 72.7. The summed E-state index contributed by atoms with van der Waals surface area (Å²) in [5, 5.41) is 0. The zero-order valence-corrected chi connectivity index (χ0v) is 9.55. The molecule has 1 nitrogen and oxygen atoms in total. The molecule has 96 valence electrons. The van der Waals surface area contributed by atoms with Crippen LogP contribution in [0.1, 0.15) is 0 Å². The van der Waals surface area contributed by atoms with Crippen molar-refractivity contribution in [1.29, 1.82) is 0 Å². The van der Waals surface area contributed by atoms with Crippen molar-refractivity contribution in [3.63, 3.8) is 0 Å². The molecule has 0 aromatic heterocycles. The largest absolute Gasteiger partial charge is 0.462 e. The van der Waals surface area contributed by atoms with Crippen molar-refractivity contribution >= 4 is 29.6 Å². The first kappa shape index (κ1) is 14.4. The van der Waals surface area contributed by atoms with Crippen LogP contribution < -0.4 is 3.71 Å². The highest BCUT2D eigenvalue weighted by atomic mass is 32.2. The number of nitrogens with zero attached hydrogens (tertiary/aromatic N) is 1. The van der Waals surface area contributed by atoms with Crippen molar-refractivity contribution in [2.75, 3.05) is 3.71 Å². The van der Waals surface area contributed by atoms with Crippen molar-refractivity contribution < 1.29 is 26.3 Å². The van der Waals surface area contributed by atoms with E-state index in [1.54, 1.807) is 0 Å². The van der Waals surface area contributed by atoms with Crippen LogP contribution in [0.2, 0.25) is 0 Å². The monoisotopic (exact) mass is 293 g/mol. The number of hydrogen-bond donors (Lipinski definition) is 0. The molecule has 0 radical (unpaired) electrons. The molecule has 0 heterocycles. The number of para-hydroxylation sites is 1. The SMILES string of the molecule is FC(F)(F)SN(SC(F)(F)F)c1ccccc1. The zero-order chi connectivity index (χ0) is 13.1. The van der Waals surface area contributed by atoms with E-state index < -0.39 is 34.9 Å². The van der Waals surface area contributed by atoms with Gasteiger partial charge in [0.2, 0.25) is 0 Å². The molecular weight excluding hydrogens is 288 g/mol. The number of anilines is 1. The summed E-state index contributed by atoms with van der Waals surface area (Å²) in [6.45, 7) is 0. The van der Waals surface area contributed by atoms with Gasteiger partial charge in [-0.1, -0.05) is 18.2 Å². The molecule has 17 heavy (non-hydrogen) atoms. The van der Waals surface area contributed by atoms with E-state index in [0.717, 1.165) is 12.1 Å². The van der Waals surface area contributed by atoms with Crippen molar-refractivity contribution in [3.8, 4) is 0 Å². The van der Waals surface area contributed by atoms with Crippen LogP contribution in [-0.2, 0) is 0 Å². The molecule has 1 aromatic carbocycles. The van der Waals surface area contributed by atoms with E-state index >= 15 is 0 Å². The maximum Gasteiger partial charge on any atom is 0.462 e. The molecule has 1 rings (SSSR count). The Hall–Kier alpha value is -0.700. The van der Waals surface area contributed by atoms with Gasteiger partial charge in [-0.2, -0.15) is 26.3 Å². The zero-order valence-electron chi connectivity index (χ0n) is 7.92. The fourth-order valence-electron chi connectivity index (χ4n) is 0.862. The molecule has 0 aliphatic carbocycles. The second kappa shape index (κ2) is 5.30. The smallest absolute Gasteiger partial charge is 0.243 e. The predicted octanol–water partition coefficient (Wildman–Crippen LogP) is 4.83. The molecule has 0 saturated heterocycles. The van der Waals surface area contributed by atoms with Crippen LogP contribution in [0.25, 0.3) is 0 Å². The molecule has 0 N–H and O–H groups in total. The highest BCUT2D eigenvalue weighted by Crippen LogP contribution is 2.46.